The molecule has 1 aliphatic carbocycles. The number of nitrogen functional groups attached to an aromatic ring is 1. The highest BCUT2D eigenvalue weighted by Gasteiger charge is 2.54. The van der Waals surface area contributed by atoms with Crippen LogP contribution >= 0.6 is 23.1 Å². The van der Waals surface area contributed by atoms with E-state index in [1.54, 1.807) is 0 Å². The Morgan fingerprint density at radius 1 is 1.23 bits per heavy atom. The van der Waals surface area contributed by atoms with Crippen LogP contribution in [0.25, 0.3) is 0 Å². The van der Waals surface area contributed by atoms with Gasteiger partial charge in [-0.3, -0.25) is 4.90 Å². The van der Waals surface area contributed by atoms with E-state index in [1.165, 1.54) is 16.2 Å². The first-order valence-corrected chi connectivity index (χ1v) is 15.3. The molecule has 4 aliphatic heterocycles. The highest BCUT2D eigenvalue weighted by Crippen LogP contribution is 2.58. The molecule has 1 spiro atoms. The fourth-order valence-electron chi connectivity index (χ4n) is 6.93. The molecule has 5 aliphatic rings. The highest BCUT2D eigenvalue weighted by atomic mass is 32.2. The lowest BCUT2D eigenvalue weighted by Crippen LogP contribution is -2.57. The van der Waals surface area contributed by atoms with E-state index < -0.39 is 11.7 Å². The molecule has 2 atom stereocenters. The third-order valence-electron chi connectivity index (χ3n) is 9.06. The van der Waals surface area contributed by atoms with Crippen molar-refractivity contribution < 1.29 is 9.13 Å². The molecule has 6 heterocycles. The first-order chi connectivity index (χ1) is 18.8. The van der Waals surface area contributed by atoms with Crippen molar-refractivity contribution in [2.45, 2.75) is 66.8 Å². The predicted octanol–water partition coefficient (Wildman–Crippen LogP) is 3.19. The van der Waals surface area contributed by atoms with Gasteiger partial charge in [0.2, 0.25) is 11.9 Å². The van der Waals surface area contributed by atoms with E-state index in [-0.39, 0.29) is 16.3 Å². The number of thioether (sulfide) groups is 1. The Kier molecular flexibility index (Phi) is 5.68. The van der Waals surface area contributed by atoms with Crippen LogP contribution in [-0.4, -0.2) is 76.4 Å². The molecular formula is C26H30FN9OS2. The van der Waals surface area contributed by atoms with Crippen LogP contribution in [0.15, 0.2) is 0 Å². The van der Waals surface area contributed by atoms with E-state index in [9.17, 15) is 14.9 Å². The molecule has 0 radical (unpaired) electrons. The maximum Gasteiger partial charge on any atom is 0.323 e. The Bertz CT molecular complexity index is 1410. The van der Waals surface area contributed by atoms with E-state index in [1.807, 2.05) is 23.6 Å². The summed E-state index contributed by atoms with van der Waals surface area (Å²) in [7, 11) is 0. The zero-order valence-electron chi connectivity index (χ0n) is 21.8. The minimum atomic E-state index is -0.838. The van der Waals surface area contributed by atoms with Gasteiger partial charge in [-0.05, 0) is 39.2 Å². The van der Waals surface area contributed by atoms with Crippen LogP contribution in [0.5, 0.6) is 6.01 Å². The molecule has 2 aromatic heterocycles. The summed E-state index contributed by atoms with van der Waals surface area (Å²) in [4.78, 5) is 21.6. The summed E-state index contributed by atoms with van der Waals surface area (Å²) < 4.78 is 20.4. The van der Waals surface area contributed by atoms with Crippen molar-refractivity contribution in [1.29, 1.82) is 10.5 Å². The molecule has 1 saturated carbocycles. The fourth-order valence-corrected chi connectivity index (χ4v) is 9.74. The molecular weight excluding hydrogens is 537 g/mol. The van der Waals surface area contributed by atoms with E-state index in [0.29, 0.717) is 61.7 Å². The summed E-state index contributed by atoms with van der Waals surface area (Å²) in [5.74, 6) is 1.78. The average molecular weight is 568 g/mol. The lowest BCUT2D eigenvalue weighted by Gasteiger charge is -2.47. The topological polar surface area (TPSA) is 131 Å². The number of halogens is 1. The van der Waals surface area contributed by atoms with Crippen LogP contribution < -0.4 is 20.3 Å². The Labute approximate surface area is 234 Å². The summed E-state index contributed by atoms with van der Waals surface area (Å²) in [6.45, 7) is 5.55. The maximum atomic E-state index is 14.3. The minimum absolute atomic E-state index is 0.208. The summed E-state index contributed by atoms with van der Waals surface area (Å²) in [5.41, 5.74) is 6.91. The second-order valence-corrected chi connectivity index (χ2v) is 13.9. The van der Waals surface area contributed by atoms with E-state index >= 15 is 0 Å². The minimum Gasteiger partial charge on any atom is -0.461 e. The first-order valence-electron chi connectivity index (χ1n) is 13.5. The van der Waals surface area contributed by atoms with Gasteiger partial charge in [-0.25, -0.2) is 4.39 Å². The number of alkyl halides is 1. The maximum absolute atomic E-state index is 14.3. The summed E-state index contributed by atoms with van der Waals surface area (Å²) in [5, 5.41) is 20.2. The molecule has 0 bridgehead atoms. The van der Waals surface area contributed by atoms with Gasteiger partial charge in [0.15, 0.2) is 0 Å². The zero-order valence-corrected chi connectivity index (χ0v) is 23.5. The highest BCUT2D eigenvalue weighted by molar-refractivity contribution is 8.00. The van der Waals surface area contributed by atoms with Gasteiger partial charge >= 0.3 is 6.01 Å². The summed E-state index contributed by atoms with van der Waals surface area (Å²) >= 11 is 3.36. The quantitative estimate of drug-likeness (QED) is 0.529. The largest absolute Gasteiger partial charge is 0.461 e. The molecule has 0 unspecified atom stereocenters. The number of hydrogen-bond donors (Lipinski definition) is 1. The smallest absolute Gasteiger partial charge is 0.323 e. The number of rotatable bonds is 7. The third kappa shape index (κ3) is 3.77. The molecule has 2 N–H and O–H groups in total. The van der Waals surface area contributed by atoms with Crippen LogP contribution in [0.3, 0.4) is 0 Å². The van der Waals surface area contributed by atoms with Gasteiger partial charge < -0.3 is 20.3 Å². The fraction of sp³-hybridized carbons (Fsp3) is 0.654. The molecule has 2 aromatic rings. The lowest BCUT2D eigenvalue weighted by atomic mass is 9.88. The SMILES string of the molecule is CCN(c1nc(OC[C@@]23CCCN2C[C@H](F)C3)nc(N2CC3(C2)SCc2sc(N)c(C#N)c23)n1)C1(C#N)CC1. The Hall–Kier alpha value is -2.87. The standard InChI is InChI=1S/C26H30FN9OS2/c1-2-36(24(12-29)5-6-24)22-31-21(32-23(33-22)37-15-25-4-3-7-35(25)10-16(27)8-25)34-13-26(14-34)19-17(9-28)20(30)39-18(19)11-38-26/h16H,2-8,10-11,13-15,30H2,1H3/t16-,25+/m1/s1. The second-order valence-electron chi connectivity index (χ2n) is 11.4. The van der Waals surface area contributed by atoms with Gasteiger partial charge in [0.05, 0.1) is 21.9 Å². The molecule has 13 heteroatoms. The molecule has 204 valence electrons. The van der Waals surface area contributed by atoms with Crippen molar-refractivity contribution in [3.63, 3.8) is 0 Å². The van der Waals surface area contributed by atoms with E-state index in [2.05, 4.69) is 26.9 Å². The van der Waals surface area contributed by atoms with Crippen LogP contribution in [0.4, 0.5) is 21.3 Å². The van der Waals surface area contributed by atoms with Crippen LogP contribution in [-0.2, 0) is 10.5 Å². The van der Waals surface area contributed by atoms with Gasteiger partial charge in [-0.2, -0.15) is 25.5 Å². The number of ether oxygens (including phenoxy) is 1. The third-order valence-corrected chi connectivity index (χ3v) is 11.7. The monoisotopic (exact) mass is 567 g/mol. The summed E-state index contributed by atoms with van der Waals surface area (Å²) in [6.07, 6.45) is 3.10. The molecule has 3 saturated heterocycles. The number of fused-ring (bicyclic) bond motifs is 3. The van der Waals surface area contributed by atoms with Crippen molar-refractivity contribution in [1.82, 2.24) is 19.9 Å². The zero-order chi connectivity index (χ0) is 27.0. The summed E-state index contributed by atoms with van der Waals surface area (Å²) in [6, 6.07) is 4.98. The number of nitrogens with two attached hydrogens (primary N) is 1. The molecule has 7 rings (SSSR count). The number of nitrogens with zero attached hydrogens (tertiary/aromatic N) is 8. The number of nitriles is 2. The Morgan fingerprint density at radius 2 is 2.05 bits per heavy atom. The van der Waals surface area contributed by atoms with Crippen molar-refractivity contribution in [2.24, 2.45) is 0 Å². The molecule has 0 amide bonds. The normalized spacial score (nSPS) is 27.5. The number of anilines is 3. The van der Waals surface area contributed by atoms with Crippen LogP contribution in [0, 0.1) is 22.7 Å². The number of hydrogen-bond acceptors (Lipinski definition) is 12. The van der Waals surface area contributed by atoms with Crippen molar-refractivity contribution in [2.75, 3.05) is 54.9 Å². The van der Waals surface area contributed by atoms with Crippen molar-refractivity contribution >= 4 is 40.0 Å². The second kappa shape index (κ2) is 8.82. The van der Waals surface area contributed by atoms with Crippen molar-refractivity contribution in [3.05, 3.63) is 16.0 Å². The molecule has 0 aromatic carbocycles. The Balaban J connectivity index is 1.19. The van der Waals surface area contributed by atoms with Gasteiger partial charge in [0.25, 0.3) is 0 Å². The van der Waals surface area contributed by atoms with Crippen LogP contribution in [0.1, 0.15) is 55.0 Å². The Morgan fingerprint density at radius 3 is 2.77 bits per heavy atom. The van der Waals surface area contributed by atoms with Crippen molar-refractivity contribution in [3.8, 4) is 18.1 Å². The molecule has 39 heavy (non-hydrogen) atoms. The molecule has 10 nitrogen and oxygen atoms in total. The number of thiophene rings is 1. The van der Waals surface area contributed by atoms with Gasteiger partial charge in [-0.15, -0.1) is 23.1 Å². The van der Waals surface area contributed by atoms with E-state index in [4.69, 9.17) is 20.4 Å². The van der Waals surface area contributed by atoms with Gasteiger partial charge in [0, 0.05) is 48.8 Å². The lowest BCUT2D eigenvalue weighted by molar-refractivity contribution is 0.107. The van der Waals surface area contributed by atoms with Gasteiger partial charge in [-0.1, -0.05) is 0 Å². The van der Waals surface area contributed by atoms with E-state index in [0.717, 1.165) is 43.5 Å². The van der Waals surface area contributed by atoms with Crippen LogP contribution in [0.2, 0.25) is 0 Å². The van der Waals surface area contributed by atoms with Gasteiger partial charge in [0.1, 0.15) is 29.4 Å². The number of aromatic nitrogens is 3. The average Bonchev–Trinajstić information content (AvgIpc) is 3.12. The first kappa shape index (κ1) is 25.1. The predicted molar refractivity (Wildman–Crippen MR) is 148 cm³/mol. The molecule has 4 fully saturated rings.